The second kappa shape index (κ2) is 5.98. The third kappa shape index (κ3) is 2.67. The van der Waals surface area contributed by atoms with Crippen LogP contribution >= 0.6 is 0 Å². The molecule has 3 rings (SSSR count). The van der Waals surface area contributed by atoms with Crippen molar-refractivity contribution in [1.29, 1.82) is 0 Å². The SMILES string of the molecule is CCc1c(C)nn(CCNc2ncnc3c2c(C)nn3C)c1C. The average molecular weight is 313 g/mol. The number of hydrogen-bond acceptors (Lipinski definition) is 5. The molecule has 0 unspecified atom stereocenters. The van der Waals surface area contributed by atoms with Crippen LogP contribution in [0.15, 0.2) is 6.33 Å². The number of nitrogens with one attached hydrogen (secondary N) is 1. The van der Waals surface area contributed by atoms with Crippen LogP contribution in [-0.2, 0) is 20.0 Å². The minimum absolute atomic E-state index is 0.756. The van der Waals surface area contributed by atoms with Crippen molar-refractivity contribution in [3.63, 3.8) is 0 Å². The average Bonchev–Trinajstić information content (AvgIpc) is 2.96. The number of fused-ring (bicyclic) bond motifs is 1. The molecule has 0 radical (unpaired) electrons. The Labute approximate surface area is 135 Å². The number of nitrogens with zero attached hydrogens (tertiary/aromatic N) is 6. The van der Waals surface area contributed by atoms with Crippen LogP contribution in [0.4, 0.5) is 5.82 Å². The van der Waals surface area contributed by atoms with Crippen molar-refractivity contribution in [3.05, 3.63) is 29.0 Å². The second-order valence-electron chi connectivity index (χ2n) is 5.78. The quantitative estimate of drug-likeness (QED) is 0.781. The summed E-state index contributed by atoms with van der Waals surface area (Å²) in [5, 5.41) is 13.4. The summed E-state index contributed by atoms with van der Waals surface area (Å²) in [7, 11) is 1.90. The van der Waals surface area contributed by atoms with E-state index in [9.17, 15) is 0 Å². The van der Waals surface area contributed by atoms with Gasteiger partial charge < -0.3 is 5.32 Å². The summed E-state index contributed by atoms with van der Waals surface area (Å²) in [6, 6.07) is 0. The van der Waals surface area contributed by atoms with Gasteiger partial charge in [-0.05, 0) is 32.8 Å². The normalized spacial score (nSPS) is 11.3. The van der Waals surface area contributed by atoms with Crippen molar-refractivity contribution < 1.29 is 0 Å². The Morgan fingerprint density at radius 1 is 1.09 bits per heavy atom. The first kappa shape index (κ1) is 15.5. The lowest BCUT2D eigenvalue weighted by Gasteiger charge is -2.08. The van der Waals surface area contributed by atoms with Crippen LogP contribution in [-0.4, -0.2) is 36.1 Å². The van der Waals surface area contributed by atoms with Crippen LogP contribution in [0.3, 0.4) is 0 Å². The summed E-state index contributed by atoms with van der Waals surface area (Å²) in [6.07, 6.45) is 2.59. The van der Waals surface area contributed by atoms with E-state index in [2.05, 4.69) is 50.9 Å². The van der Waals surface area contributed by atoms with E-state index in [0.29, 0.717) is 0 Å². The third-order valence-corrected chi connectivity index (χ3v) is 4.30. The molecule has 3 heterocycles. The van der Waals surface area contributed by atoms with E-state index < -0.39 is 0 Å². The Morgan fingerprint density at radius 2 is 1.87 bits per heavy atom. The van der Waals surface area contributed by atoms with Gasteiger partial charge in [-0.2, -0.15) is 10.2 Å². The fraction of sp³-hybridized carbons (Fsp3) is 0.500. The number of aromatic nitrogens is 6. The van der Waals surface area contributed by atoms with Gasteiger partial charge >= 0.3 is 0 Å². The molecular weight excluding hydrogens is 290 g/mol. The maximum absolute atomic E-state index is 4.62. The van der Waals surface area contributed by atoms with Crippen molar-refractivity contribution in [2.75, 3.05) is 11.9 Å². The highest BCUT2D eigenvalue weighted by molar-refractivity contribution is 5.88. The van der Waals surface area contributed by atoms with Gasteiger partial charge in [-0.25, -0.2) is 9.97 Å². The molecule has 1 N–H and O–H groups in total. The first-order chi connectivity index (χ1) is 11.0. The van der Waals surface area contributed by atoms with E-state index >= 15 is 0 Å². The standard InChI is InChI=1S/C16H23N7/c1-6-13-10(2)21-23(12(13)4)8-7-17-15-14-11(3)20-22(5)16(14)19-9-18-15/h9H,6-8H2,1-5H3,(H,17,18,19). The molecule has 0 spiro atoms. The van der Waals surface area contributed by atoms with Gasteiger partial charge in [-0.1, -0.05) is 6.92 Å². The van der Waals surface area contributed by atoms with Crippen LogP contribution < -0.4 is 5.32 Å². The third-order valence-electron chi connectivity index (χ3n) is 4.30. The summed E-state index contributed by atoms with van der Waals surface area (Å²) in [5.74, 6) is 0.831. The molecule has 0 bridgehead atoms. The predicted molar refractivity (Wildman–Crippen MR) is 90.6 cm³/mol. The second-order valence-corrected chi connectivity index (χ2v) is 5.78. The maximum Gasteiger partial charge on any atom is 0.163 e. The molecule has 7 heteroatoms. The van der Waals surface area contributed by atoms with E-state index in [4.69, 9.17) is 0 Å². The van der Waals surface area contributed by atoms with Crippen molar-refractivity contribution in [1.82, 2.24) is 29.5 Å². The predicted octanol–water partition coefficient (Wildman–Crippen LogP) is 2.16. The summed E-state index contributed by atoms with van der Waals surface area (Å²) in [5.41, 5.74) is 5.50. The highest BCUT2D eigenvalue weighted by atomic mass is 15.3. The van der Waals surface area contributed by atoms with E-state index in [0.717, 1.165) is 47.7 Å². The molecule has 0 fully saturated rings. The smallest absolute Gasteiger partial charge is 0.163 e. The molecule has 0 aliphatic heterocycles. The molecule has 23 heavy (non-hydrogen) atoms. The number of hydrogen-bond donors (Lipinski definition) is 1. The van der Waals surface area contributed by atoms with Crippen molar-refractivity contribution in [2.24, 2.45) is 7.05 Å². The maximum atomic E-state index is 4.62. The molecule has 3 aromatic rings. The van der Waals surface area contributed by atoms with Gasteiger partial charge in [0.2, 0.25) is 0 Å². The Bertz CT molecular complexity index is 844. The molecular formula is C16H23N7. The van der Waals surface area contributed by atoms with Crippen molar-refractivity contribution in [3.8, 4) is 0 Å². The number of anilines is 1. The highest BCUT2D eigenvalue weighted by Crippen LogP contribution is 2.22. The largest absolute Gasteiger partial charge is 0.367 e. The minimum Gasteiger partial charge on any atom is -0.367 e. The molecule has 0 aliphatic carbocycles. The molecule has 0 aliphatic rings. The summed E-state index contributed by atoms with van der Waals surface area (Å²) >= 11 is 0. The molecule has 3 aromatic heterocycles. The van der Waals surface area contributed by atoms with Gasteiger partial charge in [0.05, 0.1) is 23.3 Å². The van der Waals surface area contributed by atoms with Crippen LogP contribution in [0, 0.1) is 20.8 Å². The zero-order valence-corrected chi connectivity index (χ0v) is 14.4. The molecule has 0 saturated carbocycles. The number of rotatable bonds is 5. The van der Waals surface area contributed by atoms with E-state index in [1.807, 2.05) is 14.0 Å². The Hall–Kier alpha value is -2.44. The van der Waals surface area contributed by atoms with Crippen LogP contribution in [0.5, 0.6) is 0 Å². The highest BCUT2D eigenvalue weighted by Gasteiger charge is 2.13. The number of aryl methyl sites for hydroxylation is 3. The molecule has 122 valence electrons. The zero-order chi connectivity index (χ0) is 16.6. The van der Waals surface area contributed by atoms with Gasteiger partial charge in [-0.15, -0.1) is 0 Å². The Morgan fingerprint density at radius 3 is 2.57 bits per heavy atom. The van der Waals surface area contributed by atoms with Gasteiger partial charge in [0.1, 0.15) is 12.1 Å². The molecule has 7 nitrogen and oxygen atoms in total. The summed E-state index contributed by atoms with van der Waals surface area (Å²) in [4.78, 5) is 8.67. The molecule has 0 saturated heterocycles. The van der Waals surface area contributed by atoms with Crippen molar-refractivity contribution in [2.45, 2.75) is 40.7 Å². The lowest BCUT2D eigenvalue weighted by Crippen LogP contribution is -2.14. The summed E-state index contributed by atoms with van der Waals surface area (Å²) in [6.45, 7) is 9.91. The zero-order valence-electron chi connectivity index (χ0n) is 14.4. The molecule has 0 aromatic carbocycles. The monoisotopic (exact) mass is 313 g/mol. The Balaban J connectivity index is 1.77. The van der Waals surface area contributed by atoms with E-state index in [-0.39, 0.29) is 0 Å². The van der Waals surface area contributed by atoms with Crippen LogP contribution in [0.25, 0.3) is 11.0 Å². The van der Waals surface area contributed by atoms with Crippen LogP contribution in [0.1, 0.15) is 29.6 Å². The van der Waals surface area contributed by atoms with Gasteiger partial charge in [0.15, 0.2) is 5.65 Å². The minimum atomic E-state index is 0.756. The fourth-order valence-electron chi connectivity index (χ4n) is 3.15. The molecule has 0 atom stereocenters. The van der Waals surface area contributed by atoms with Gasteiger partial charge in [0, 0.05) is 19.3 Å². The van der Waals surface area contributed by atoms with Crippen molar-refractivity contribution >= 4 is 16.9 Å². The molecule has 0 amide bonds. The first-order valence-electron chi connectivity index (χ1n) is 7.94. The Kier molecular flexibility index (Phi) is 4.02. The lowest BCUT2D eigenvalue weighted by molar-refractivity contribution is 0.614. The van der Waals surface area contributed by atoms with Gasteiger partial charge in [0.25, 0.3) is 0 Å². The first-order valence-corrected chi connectivity index (χ1v) is 7.94. The van der Waals surface area contributed by atoms with E-state index in [1.165, 1.54) is 11.3 Å². The van der Waals surface area contributed by atoms with Crippen LogP contribution in [0.2, 0.25) is 0 Å². The van der Waals surface area contributed by atoms with Gasteiger partial charge in [-0.3, -0.25) is 9.36 Å². The summed E-state index contributed by atoms with van der Waals surface area (Å²) < 4.78 is 3.85. The van der Waals surface area contributed by atoms with E-state index in [1.54, 1.807) is 11.0 Å². The lowest BCUT2D eigenvalue weighted by atomic mass is 10.1. The fourth-order valence-corrected chi connectivity index (χ4v) is 3.15. The topological polar surface area (TPSA) is 73.5 Å².